The van der Waals surface area contributed by atoms with Crippen molar-refractivity contribution in [2.75, 3.05) is 54.5 Å². The standard InChI is InChI=1S/C30H31ClN4O2/c1-3-15-35(23-10-8-9-22(31)20-23)30(36)26-21-32-29(25-12-5-4-11-24(25)26)34-18-16-33(17-19-34)27-13-6-7-14-28(27)37-2/h4-14,20-21H,3,15-19H2,1-2H3. The van der Waals surface area contributed by atoms with Gasteiger partial charge in [0.15, 0.2) is 0 Å². The lowest BCUT2D eigenvalue weighted by atomic mass is 10.0. The molecule has 7 heteroatoms. The number of aromatic nitrogens is 1. The van der Waals surface area contributed by atoms with Gasteiger partial charge in [0.1, 0.15) is 11.6 Å². The number of methoxy groups -OCH3 is 1. The fraction of sp³-hybridized carbons (Fsp3) is 0.267. The molecule has 6 nitrogen and oxygen atoms in total. The predicted molar refractivity (Wildman–Crippen MR) is 153 cm³/mol. The monoisotopic (exact) mass is 514 g/mol. The largest absolute Gasteiger partial charge is 0.495 e. The van der Waals surface area contributed by atoms with Crippen molar-refractivity contribution in [2.45, 2.75) is 13.3 Å². The molecule has 0 unspecified atom stereocenters. The lowest BCUT2D eigenvalue weighted by Gasteiger charge is -2.37. The third kappa shape index (κ3) is 5.07. The third-order valence-electron chi connectivity index (χ3n) is 6.82. The summed E-state index contributed by atoms with van der Waals surface area (Å²) in [7, 11) is 1.71. The number of rotatable bonds is 7. The third-order valence-corrected chi connectivity index (χ3v) is 7.06. The van der Waals surface area contributed by atoms with Crippen LogP contribution in [0.5, 0.6) is 5.75 Å². The molecule has 1 aliphatic rings. The van der Waals surface area contributed by atoms with E-state index < -0.39 is 0 Å². The molecular weight excluding hydrogens is 484 g/mol. The summed E-state index contributed by atoms with van der Waals surface area (Å²) in [6.45, 7) is 6.03. The van der Waals surface area contributed by atoms with Crippen LogP contribution in [0.25, 0.3) is 10.8 Å². The van der Waals surface area contributed by atoms with Gasteiger partial charge in [-0.15, -0.1) is 0 Å². The van der Waals surface area contributed by atoms with Crippen molar-refractivity contribution < 1.29 is 9.53 Å². The Kier molecular flexibility index (Phi) is 7.47. The van der Waals surface area contributed by atoms with E-state index in [-0.39, 0.29) is 5.91 Å². The van der Waals surface area contributed by atoms with E-state index in [9.17, 15) is 4.79 Å². The lowest BCUT2D eigenvalue weighted by Crippen LogP contribution is -2.47. The second-order valence-electron chi connectivity index (χ2n) is 9.12. The van der Waals surface area contributed by atoms with Crippen molar-refractivity contribution >= 4 is 45.5 Å². The highest BCUT2D eigenvalue weighted by atomic mass is 35.5. The Morgan fingerprint density at radius 3 is 2.38 bits per heavy atom. The molecule has 0 N–H and O–H groups in total. The molecule has 0 spiro atoms. The molecule has 2 heterocycles. The number of anilines is 3. The van der Waals surface area contributed by atoms with Gasteiger partial charge in [0, 0.05) is 55.0 Å². The van der Waals surface area contributed by atoms with Crippen LogP contribution in [0.4, 0.5) is 17.2 Å². The van der Waals surface area contributed by atoms with Crippen molar-refractivity contribution in [1.29, 1.82) is 0 Å². The van der Waals surface area contributed by atoms with Gasteiger partial charge < -0.3 is 19.4 Å². The minimum atomic E-state index is -0.0691. The molecule has 190 valence electrons. The van der Waals surface area contributed by atoms with E-state index in [1.54, 1.807) is 18.2 Å². The number of ether oxygens (including phenoxy) is 1. The van der Waals surface area contributed by atoms with Gasteiger partial charge >= 0.3 is 0 Å². The van der Waals surface area contributed by atoms with E-state index in [1.807, 2.05) is 60.7 Å². The van der Waals surface area contributed by atoms with Crippen LogP contribution in [0.1, 0.15) is 23.7 Å². The minimum Gasteiger partial charge on any atom is -0.495 e. The van der Waals surface area contributed by atoms with Crippen LogP contribution < -0.4 is 19.4 Å². The van der Waals surface area contributed by atoms with Crippen molar-refractivity contribution in [3.63, 3.8) is 0 Å². The number of carbonyl (C=O) groups excluding carboxylic acids is 1. The topological polar surface area (TPSA) is 48.9 Å². The highest BCUT2D eigenvalue weighted by Crippen LogP contribution is 2.32. The Balaban J connectivity index is 1.43. The zero-order valence-electron chi connectivity index (χ0n) is 21.2. The molecule has 0 bridgehead atoms. The summed E-state index contributed by atoms with van der Waals surface area (Å²) < 4.78 is 5.57. The molecular formula is C30H31ClN4O2. The van der Waals surface area contributed by atoms with Crippen LogP contribution in [-0.2, 0) is 0 Å². The van der Waals surface area contributed by atoms with Crippen molar-refractivity contribution in [2.24, 2.45) is 0 Å². The van der Waals surface area contributed by atoms with E-state index in [4.69, 9.17) is 21.3 Å². The molecule has 4 aromatic rings. The number of piperazine rings is 1. The first-order valence-corrected chi connectivity index (χ1v) is 13.1. The van der Waals surface area contributed by atoms with Gasteiger partial charge in [0.2, 0.25) is 0 Å². The summed E-state index contributed by atoms with van der Waals surface area (Å²) in [5.74, 6) is 1.73. The summed E-state index contributed by atoms with van der Waals surface area (Å²) in [6.07, 6.45) is 2.57. The maximum absolute atomic E-state index is 13.8. The SMILES string of the molecule is CCCN(C(=O)c1cnc(N2CCN(c3ccccc3OC)CC2)c2ccccc12)c1cccc(Cl)c1. The molecule has 1 aromatic heterocycles. The number of amides is 1. The van der Waals surface area contributed by atoms with E-state index in [0.29, 0.717) is 17.1 Å². The molecule has 37 heavy (non-hydrogen) atoms. The van der Waals surface area contributed by atoms with Crippen LogP contribution in [0.2, 0.25) is 5.02 Å². The fourth-order valence-corrected chi connectivity index (χ4v) is 5.20. The van der Waals surface area contributed by atoms with Crippen LogP contribution in [0.3, 0.4) is 0 Å². The maximum atomic E-state index is 13.8. The van der Waals surface area contributed by atoms with Crippen LogP contribution in [0.15, 0.2) is 79.0 Å². The molecule has 1 amide bonds. The summed E-state index contributed by atoms with van der Waals surface area (Å²) in [4.78, 5) is 25.1. The van der Waals surface area contributed by atoms with Crippen LogP contribution in [0, 0.1) is 0 Å². The number of hydrogen-bond donors (Lipinski definition) is 0. The van der Waals surface area contributed by atoms with Gasteiger partial charge in [0.25, 0.3) is 5.91 Å². The molecule has 1 saturated heterocycles. The van der Waals surface area contributed by atoms with Crippen molar-refractivity contribution in [3.8, 4) is 5.75 Å². The van der Waals surface area contributed by atoms with E-state index in [2.05, 4.69) is 28.9 Å². The Bertz CT molecular complexity index is 1400. The van der Waals surface area contributed by atoms with Gasteiger partial charge in [0.05, 0.1) is 18.4 Å². The lowest BCUT2D eigenvalue weighted by molar-refractivity contribution is 0.0988. The average molecular weight is 515 g/mol. The Labute approximate surface area is 223 Å². The molecule has 0 aliphatic carbocycles. The minimum absolute atomic E-state index is 0.0691. The first-order valence-electron chi connectivity index (χ1n) is 12.7. The zero-order valence-corrected chi connectivity index (χ0v) is 22.0. The summed E-state index contributed by atoms with van der Waals surface area (Å²) in [5.41, 5.74) is 2.50. The number of fused-ring (bicyclic) bond motifs is 1. The van der Waals surface area contributed by atoms with Crippen LogP contribution >= 0.6 is 11.6 Å². The molecule has 0 atom stereocenters. The van der Waals surface area contributed by atoms with Crippen molar-refractivity contribution in [3.05, 3.63) is 89.6 Å². The maximum Gasteiger partial charge on any atom is 0.260 e. The number of benzene rings is 3. The number of hydrogen-bond acceptors (Lipinski definition) is 5. The quantitative estimate of drug-likeness (QED) is 0.290. The number of carbonyl (C=O) groups is 1. The predicted octanol–water partition coefficient (Wildman–Crippen LogP) is 6.28. The Morgan fingerprint density at radius 2 is 1.65 bits per heavy atom. The zero-order chi connectivity index (χ0) is 25.8. The van der Waals surface area contributed by atoms with Gasteiger partial charge in [-0.3, -0.25) is 4.79 Å². The van der Waals surface area contributed by atoms with Crippen molar-refractivity contribution in [1.82, 2.24) is 4.98 Å². The number of para-hydroxylation sites is 2. The highest BCUT2D eigenvalue weighted by molar-refractivity contribution is 6.31. The average Bonchev–Trinajstić information content (AvgIpc) is 2.95. The molecule has 5 rings (SSSR count). The summed E-state index contributed by atoms with van der Waals surface area (Å²) in [5, 5.41) is 2.51. The van der Waals surface area contributed by atoms with E-state index in [0.717, 1.165) is 66.3 Å². The summed E-state index contributed by atoms with van der Waals surface area (Å²) in [6, 6.07) is 23.6. The first-order chi connectivity index (χ1) is 18.1. The van der Waals surface area contributed by atoms with Gasteiger partial charge in [-0.2, -0.15) is 0 Å². The number of nitrogens with zero attached hydrogens (tertiary/aromatic N) is 4. The smallest absolute Gasteiger partial charge is 0.260 e. The number of halogens is 1. The molecule has 0 saturated carbocycles. The second kappa shape index (κ2) is 11.1. The van der Waals surface area contributed by atoms with E-state index >= 15 is 0 Å². The first kappa shape index (κ1) is 24.9. The molecule has 3 aromatic carbocycles. The van der Waals surface area contributed by atoms with Gasteiger partial charge in [-0.25, -0.2) is 4.98 Å². The fourth-order valence-electron chi connectivity index (χ4n) is 5.01. The number of pyridine rings is 1. The second-order valence-corrected chi connectivity index (χ2v) is 9.56. The highest BCUT2D eigenvalue weighted by Gasteiger charge is 2.25. The summed E-state index contributed by atoms with van der Waals surface area (Å²) >= 11 is 6.24. The van der Waals surface area contributed by atoms with Gasteiger partial charge in [-0.05, 0) is 42.1 Å². The normalized spacial score (nSPS) is 13.6. The van der Waals surface area contributed by atoms with E-state index in [1.165, 1.54) is 0 Å². The van der Waals surface area contributed by atoms with Gasteiger partial charge in [-0.1, -0.05) is 61.0 Å². The Morgan fingerprint density at radius 1 is 0.946 bits per heavy atom. The molecule has 1 aliphatic heterocycles. The Hall–Kier alpha value is -3.77. The van der Waals surface area contributed by atoms with Crippen LogP contribution in [-0.4, -0.2) is 50.7 Å². The molecule has 1 fully saturated rings. The molecule has 0 radical (unpaired) electrons.